The monoisotopic (exact) mass is 292 g/mol. The number of nitrogens with one attached hydrogen (secondary N) is 2. The van der Waals surface area contributed by atoms with Gasteiger partial charge in [-0.2, -0.15) is 0 Å². The minimum Gasteiger partial charge on any atom is -0.495 e. The molecular weight excluding hydrogens is 268 g/mol. The van der Waals surface area contributed by atoms with Gasteiger partial charge in [-0.05, 0) is 44.9 Å². The Bertz CT molecular complexity index is 524. The van der Waals surface area contributed by atoms with Crippen molar-refractivity contribution < 1.29 is 14.3 Å². The molecule has 0 aliphatic rings. The number of amides is 2. The third-order valence-corrected chi connectivity index (χ3v) is 3.27. The van der Waals surface area contributed by atoms with E-state index in [2.05, 4.69) is 10.6 Å². The summed E-state index contributed by atoms with van der Waals surface area (Å²) in [5.74, 6) is -0.0767. The van der Waals surface area contributed by atoms with Gasteiger partial charge in [0.25, 0.3) is 0 Å². The summed E-state index contributed by atoms with van der Waals surface area (Å²) in [5, 5.41) is 5.52. The standard InChI is InChI=1S/C16H24N2O3/c1-6-9-17-14(19)16(3,4)15(20)18-12-10-11(2)7-8-13(12)21-5/h7-8,10H,6,9H2,1-5H3,(H,17,19)(H,18,20). The van der Waals surface area contributed by atoms with E-state index < -0.39 is 5.41 Å². The van der Waals surface area contributed by atoms with E-state index in [4.69, 9.17) is 4.74 Å². The highest BCUT2D eigenvalue weighted by Crippen LogP contribution is 2.27. The maximum Gasteiger partial charge on any atom is 0.239 e. The fraction of sp³-hybridized carbons (Fsp3) is 0.500. The lowest BCUT2D eigenvalue weighted by atomic mass is 9.91. The molecule has 0 radical (unpaired) electrons. The summed E-state index contributed by atoms with van der Waals surface area (Å²) < 4.78 is 5.22. The first kappa shape index (κ1) is 17.0. The van der Waals surface area contributed by atoms with Crippen molar-refractivity contribution >= 4 is 17.5 Å². The van der Waals surface area contributed by atoms with Gasteiger partial charge in [0.2, 0.25) is 11.8 Å². The van der Waals surface area contributed by atoms with Crippen LogP contribution in [-0.2, 0) is 9.59 Å². The largest absolute Gasteiger partial charge is 0.495 e. The highest BCUT2D eigenvalue weighted by atomic mass is 16.5. The van der Waals surface area contributed by atoms with E-state index in [9.17, 15) is 9.59 Å². The minimum atomic E-state index is -1.15. The second-order valence-corrected chi connectivity index (χ2v) is 5.54. The molecule has 0 fully saturated rings. The molecule has 1 rings (SSSR count). The van der Waals surface area contributed by atoms with Crippen molar-refractivity contribution in [1.82, 2.24) is 5.32 Å². The summed E-state index contributed by atoms with van der Waals surface area (Å²) in [5.41, 5.74) is 0.419. The number of hydrogen-bond donors (Lipinski definition) is 2. The zero-order chi connectivity index (χ0) is 16.0. The van der Waals surface area contributed by atoms with Crippen LogP contribution in [0.15, 0.2) is 18.2 Å². The third kappa shape index (κ3) is 4.21. The summed E-state index contributed by atoms with van der Waals surface area (Å²) in [6.45, 7) is 7.66. The van der Waals surface area contributed by atoms with E-state index in [1.54, 1.807) is 27.0 Å². The molecule has 1 aromatic rings. The van der Waals surface area contributed by atoms with Gasteiger partial charge in [-0.15, -0.1) is 0 Å². The number of benzene rings is 1. The summed E-state index contributed by atoms with van der Waals surface area (Å²) in [7, 11) is 1.54. The molecule has 1 aromatic carbocycles. The summed E-state index contributed by atoms with van der Waals surface area (Å²) >= 11 is 0. The van der Waals surface area contributed by atoms with Crippen molar-refractivity contribution in [3.63, 3.8) is 0 Å². The number of carbonyl (C=O) groups is 2. The maximum absolute atomic E-state index is 12.4. The predicted molar refractivity (Wildman–Crippen MR) is 83.4 cm³/mol. The topological polar surface area (TPSA) is 67.4 Å². The Kier molecular flexibility index (Phi) is 5.76. The molecule has 21 heavy (non-hydrogen) atoms. The predicted octanol–water partition coefficient (Wildman–Crippen LogP) is 2.49. The molecule has 0 saturated carbocycles. The molecular formula is C16H24N2O3. The van der Waals surface area contributed by atoms with Gasteiger partial charge in [0.1, 0.15) is 11.2 Å². The number of carbonyl (C=O) groups excluding carboxylic acids is 2. The zero-order valence-electron chi connectivity index (χ0n) is 13.4. The van der Waals surface area contributed by atoms with E-state index in [0.29, 0.717) is 18.0 Å². The molecule has 0 aromatic heterocycles. The van der Waals surface area contributed by atoms with Gasteiger partial charge in [0, 0.05) is 6.54 Å². The fourth-order valence-corrected chi connectivity index (χ4v) is 1.76. The molecule has 0 unspecified atom stereocenters. The summed E-state index contributed by atoms with van der Waals surface area (Å²) in [4.78, 5) is 24.5. The molecule has 2 N–H and O–H groups in total. The van der Waals surface area contributed by atoms with Crippen LogP contribution in [0.5, 0.6) is 5.75 Å². The Morgan fingerprint density at radius 1 is 1.24 bits per heavy atom. The van der Waals surface area contributed by atoms with Gasteiger partial charge in [-0.3, -0.25) is 9.59 Å². The molecule has 0 aliphatic heterocycles. The molecule has 5 heteroatoms. The van der Waals surface area contributed by atoms with Crippen molar-refractivity contribution in [1.29, 1.82) is 0 Å². The number of ether oxygens (including phenoxy) is 1. The van der Waals surface area contributed by atoms with E-state index >= 15 is 0 Å². The van der Waals surface area contributed by atoms with Crippen LogP contribution in [0.25, 0.3) is 0 Å². The van der Waals surface area contributed by atoms with Crippen molar-refractivity contribution in [2.24, 2.45) is 5.41 Å². The summed E-state index contributed by atoms with van der Waals surface area (Å²) in [6.07, 6.45) is 0.829. The van der Waals surface area contributed by atoms with Gasteiger partial charge in [-0.25, -0.2) is 0 Å². The van der Waals surface area contributed by atoms with E-state index in [1.165, 1.54) is 0 Å². The average Bonchev–Trinajstić information content (AvgIpc) is 2.44. The number of anilines is 1. The Balaban J connectivity index is 2.89. The average molecular weight is 292 g/mol. The van der Waals surface area contributed by atoms with Crippen molar-refractivity contribution in [3.8, 4) is 5.75 Å². The molecule has 0 heterocycles. The number of hydrogen-bond acceptors (Lipinski definition) is 3. The highest BCUT2D eigenvalue weighted by molar-refractivity contribution is 6.10. The number of rotatable bonds is 6. The van der Waals surface area contributed by atoms with Crippen LogP contribution in [0.2, 0.25) is 0 Å². The van der Waals surface area contributed by atoms with E-state index in [0.717, 1.165) is 12.0 Å². The maximum atomic E-state index is 12.4. The van der Waals surface area contributed by atoms with Crippen molar-refractivity contribution in [3.05, 3.63) is 23.8 Å². The molecule has 2 amide bonds. The van der Waals surface area contributed by atoms with Gasteiger partial charge < -0.3 is 15.4 Å². The molecule has 5 nitrogen and oxygen atoms in total. The van der Waals surface area contributed by atoms with Crippen LogP contribution < -0.4 is 15.4 Å². The zero-order valence-corrected chi connectivity index (χ0v) is 13.4. The normalized spacial score (nSPS) is 10.9. The minimum absolute atomic E-state index is 0.284. The van der Waals surface area contributed by atoms with Crippen LogP contribution in [0.1, 0.15) is 32.8 Å². The van der Waals surface area contributed by atoms with Gasteiger partial charge in [-0.1, -0.05) is 13.0 Å². The molecule has 0 spiro atoms. The second kappa shape index (κ2) is 7.11. The van der Waals surface area contributed by atoms with Crippen LogP contribution in [0.3, 0.4) is 0 Å². The molecule has 0 saturated heterocycles. The lowest BCUT2D eigenvalue weighted by Crippen LogP contribution is -2.45. The van der Waals surface area contributed by atoms with Crippen molar-refractivity contribution in [2.45, 2.75) is 34.1 Å². The Hall–Kier alpha value is -2.04. The van der Waals surface area contributed by atoms with Crippen molar-refractivity contribution in [2.75, 3.05) is 19.0 Å². The molecule has 0 aliphatic carbocycles. The Labute approximate surface area is 126 Å². The van der Waals surface area contributed by atoms with Gasteiger partial charge >= 0.3 is 0 Å². The van der Waals surface area contributed by atoms with Crippen LogP contribution >= 0.6 is 0 Å². The first-order chi connectivity index (χ1) is 9.82. The molecule has 116 valence electrons. The van der Waals surface area contributed by atoms with E-state index in [-0.39, 0.29) is 11.8 Å². The third-order valence-electron chi connectivity index (χ3n) is 3.27. The first-order valence-electron chi connectivity index (χ1n) is 7.07. The first-order valence-corrected chi connectivity index (χ1v) is 7.07. The smallest absolute Gasteiger partial charge is 0.239 e. The SMILES string of the molecule is CCCNC(=O)C(C)(C)C(=O)Nc1cc(C)ccc1OC. The summed E-state index contributed by atoms with van der Waals surface area (Å²) in [6, 6.07) is 5.50. The molecule has 0 bridgehead atoms. The number of aryl methyl sites for hydroxylation is 1. The van der Waals surface area contributed by atoms with E-state index in [1.807, 2.05) is 26.0 Å². The lowest BCUT2D eigenvalue weighted by Gasteiger charge is -2.23. The van der Waals surface area contributed by atoms with Gasteiger partial charge in [0.15, 0.2) is 0 Å². The second-order valence-electron chi connectivity index (χ2n) is 5.54. The lowest BCUT2D eigenvalue weighted by molar-refractivity contribution is -0.138. The number of methoxy groups -OCH3 is 1. The Morgan fingerprint density at radius 3 is 2.48 bits per heavy atom. The van der Waals surface area contributed by atoms with Crippen LogP contribution in [-0.4, -0.2) is 25.5 Å². The fourth-order valence-electron chi connectivity index (χ4n) is 1.76. The van der Waals surface area contributed by atoms with Crippen LogP contribution in [0, 0.1) is 12.3 Å². The highest BCUT2D eigenvalue weighted by Gasteiger charge is 2.36. The van der Waals surface area contributed by atoms with Gasteiger partial charge in [0.05, 0.1) is 12.8 Å². The molecule has 0 atom stereocenters. The van der Waals surface area contributed by atoms with Crippen LogP contribution in [0.4, 0.5) is 5.69 Å². The quantitative estimate of drug-likeness (QED) is 0.792. The Morgan fingerprint density at radius 2 is 1.90 bits per heavy atom.